The van der Waals surface area contributed by atoms with Crippen LogP contribution in [-0.4, -0.2) is 54.1 Å². The molecule has 0 atom stereocenters. The highest BCUT2D eigenvalue weighted by molar-refractivity contribution is 5.97. The number of nitrogens with one attached hydrogen (secondary N) is 1. The number of hydrogen-bond donors (Lipinski definition) is 2. The number of aliphatic hydroxyl groups excluding tert-OH is 1. The number of carbonyl (C=O) groups is 2. The molecule has 0 saturated heterocycles. The lowest BCUT2D eigenvalue weighted by Crippen LogP contribution is -2.35. The number of nitrogens with zero attached hydrogens (tertiary/aromatic N) is 2. The van der Waals surface area contributed by atoms with E-state index >= 15 is 0 Å². The largest absolute Gasteiger partial charge is 0.395 e. The van der Waals surface area contributed by atoms with E-state index in [0.29, 0.717) is 24.7 Å². The van der Waals surface area contributed by atoms with Crippen LogP contribution >= 0.6 is 0 Å². The maximum Gasteiger partial charge on any atom is 0.251 e. The van der Waals surface area contributed by atoms with Crippen LogP contribution in [0.2, 0.25) is 0 Å². The van der Waals surface area contributed by atoms with E-state index in [1.165, 1.54) is 19.3 Å². The van der Waals surface area contributed by atoms with Crippen molar-refractivity contribution in [3.8, 4) is 0 Å². The van der Waals surface area contributed by atoms with E-state index in [-0.39, 0.29) is 25.0 Å². The summed E-state index contributed by atoms with van der Waals surface area (Å²) in [7, 11) is 0. The fourth-order valence-corrected chi connectivity index (χ4v) is 3.69. The lowest BCUT2D eigenvalue weighted by molar-refractivity contribution is -0.116. The van der Waals surface area contributed by atoms with Gasteiger partial charge in [0.25, 0.3) is 5.91 Å². The molecule has 2 N–H and O–H groups in total. The first-order valence-electron chi connectivity index (χ1n) is 10.5. The third-order valence-electron chi connectivity index (χ3n) is 5.34. The number of hydrogen-bond acceptors (Lipinski definition) is 4. The zero-order valence-corrected chi connectivity index (χ0v) is 17.5. The van der Waals surface area contributed by atoms with Crippen molar-refractivity contribution < 1.29 is 14.7 Å². The number of aliphatic hydroxyl groups is 1. The molecule has 6 heteroatoms. The normalized spacial score (nSPS) is 16.8. The second kappa shape index (κ2) is 11.2. The van der Waals surface area contributed by atoms with Crippen molar-refractivity contribution in [1.82, 2.24) is 10.2 Å². The molecule has 1 heterocycles. The van der Waals surface area contributed by atoms with E-state index in [4.69, 9.17) is 5.11 Å². The van der Waals surface area contributed by atoms with E-state index in [0.717, 1.165) is 30.6 Å². The fraction of sp³-hybridized carbons (Fsp3) is 0.636. The van der Waals surface area contributed by atoms with E-state index in [9.17, 15) is 9.59 Å². The molecule has 0 unspecified atom stereocenters. The summed E-state index contributed by atoms with van der Waals surface area (Å²) < 4.78 is 0. The van der Waals surface area contributed by atoms with Crippen molar-refractivity contribution in [2.75, 3.05) is 31.1 Å². The van der Waals surface area contributed by atoms with E-state index in [1.807, 2.05) is 17.0 Å². The predicted octanol–water partition coefficient (Wildman–Crippen LogP) is 2.94. The first-order chi connectivity index (χ1) is 13.4. The Morgan fingerprint density at radius 2 is 1.79 bits per heavy atom. The fourth-order valence-electron chi connectivity index (χ4n) is 3.69. The van der Waals surface area contributed by atoms with Gasteiger partial charge in [-0.2, -0.15) is 0 Å². The molecular formula is C22H35N3O3. The molecule has 0 aliphatic carbocycles. The Morgan fingerprint density at radius 1 is 1.11 bits per heavy atom. The maximum absolute atomic E-state index is 12.4. The minimum atomic E-state index is -0.201. The molecule has 0 bridgehead atoms. The lowest BCUT2D eigenvalue weighted by Gasteiger charge is -2.31. The van der Waals surface area contributed by atoms with Crippen LogP contribution in [0.1, 0.15) is 68.8 Å². The number of rotatable bonds is 4. The molecule has 0 spiro atoms. The van der Waals surface area contributed by atoms with Gasteiger partial charge in [-0.3, -0.25) is 14.5 Å². The Morgan fingerprint density at radius 3 is 2.43 bits per heavy atom. The van der Waals surface area contributed by atoms with Gasteiger partial charge in [0.2, 0.25) is 5.91 Å². The number of anilines is 1. The summed E-state index contributed by atoms with van der Waals surface area (Å²) in [5, 5.41) is 11.7. The summed E-state index contributed by atoms with van der Waals surface area (Å²) in [5.41, 5.74) is 2.46. The van der Waals surface area contributed by atoms with Gasteiger partial charge < -0.3 is 15.3 Å². The Labute approximate surface area is 168 Å². The minimum Gasteiger partial charge on any atom is -0.395 e. The molecule has 2 rings (SSSR count). The van der Waals surface area contributed by atoms with Crippen molar-refractivity contribution in [1.29, 1.82) is 0 Å². The molecule has 1 aliphatic heterocycles. The Hall–Kier alpha value is -1.92. The maximum atomic E-state index is 12.4. The van der Waals surface area contributed by atoms with Crippen LogP contribution in [0.3, 0.4) is 0 Å². The highest BCUT2D eigenvalue weighted by Crippen LogP contribution is 2.26. The highest BCUT2D eigenvalue weighted by Gasteiger charge is 2.20. The number of carbonyl (C=O) groups excluding carboxylic acids is 2. The summed E-state index contributed by atoms with van der Waals surface area (Å²) in [6, 6.07) is 5.95. The third-order valence-corrected chi connectivity index (χ3v) is 5.34. The van der Waals surface area contributed by atoms with Gasteiger partial charge in [0.15, 0.2) is 0 Å². The van der Waals surface area contributed by atoms with Crippen LogP contribution in [0.4, 0.5) is 5.69 Å². The van der Waals surface area contributed by atoms with Crippen LogP contribution in [0.25, 0.3) is 0 Å². The van der Waals surface area contributed by atoms with Gasteiger partial charge in [-0.25, -0.2) is 0 Å². The molecule has 1 aromatic carbocycles. The van der Waals surface area contributed by atoms with Gasteiger partial charge in [0.1, 0.15) is 0 Å². The summed E-state index contributed by atoms with van der Waals surface area (Å²) >= 11 is 0. The molecule has 2 amide bonds. The minimum absolute atomic E-state index is 0.0342. The average Bonchev–Trinajstić information content (AvgIpc) is 2.65. The Balaban J connectivity index is 2.42. The van der Waals surface area contributed by atoms with Crippen molar-refractivity contribution in [3.05, 3.63) is 29.3 Å². The van der Waals surface area contributed by atoms with Gasteiger partial charge in [0.05, 0.1) is 6.61 Å². The summed E-state index contributed by atoms with van der Waals surface area (Å²) in [4.78, 5) is 29.0. The van der Waals surface area contributed by atoms with Crippen molar-refractivity contribution in [2.24, 2.45) is 0 Å². The zero-order chi connectivity index (χ0) is 20.5. The van der Waals surface area contributed by atoms with Crippen LogP contribution in [0, 0.1) is 0 Å². The van der Waals surface area contributed by atoms with Crippen molar-refractivity contribution in [3.63, 3.8) is 0 Å². The first-order valence-corrected chi connectivity index (χ1v) is 10.5. The van der Waals surface area contributed by atoms with Crippen molar-refractivity contribution in [2.45, 2.75) is 65.5 Å². The number of benzene rings is 1. The molecule has 1 aromatic rings. The second-order valence-electron chi connectivity index (χ2n) is 7.83. The lowest BCUT2D eigenvalue weighted by atomic mass is 10.0. The summed E-state index contributed by atoms with van der Waals surface area (Å²) in [5.74, 6) is -0.166. The molecule has 156 valence electrons. The Kier molecular flexibility index (Phi) is 8.93. The van der Waals surface area contributed by atoms with E-state index < -0.39 is 0 Å². The van der Waals surface area contributed by atoms with Crippen LogP contribution in [-0.2, 0) is 11.3 Å². The zero-order valence-electron chi connectivity index (χ0n) is 17.5. The molecule has 1 aliphatic rings. The van der Waals surface area contributed by atoms with Gasteiger partial charge in [0, 0.05) is 43.9 Å². The second-order valence-corrected chi connectivity index (χ2v) is 7.83. The SMILES string of the molecule is CC(=O)N1CCCCCCCN(C(C)C)Cc2cc(C(=O)NCCO)ccc21. The predicted molar refractivity (Wildman–Crippen MR) is 113 cm³/mol. The van der Waals surface area contributed by atoms with Gasteiger partial charge in [-0.05, 0) is 57.0 Å². The quantitative estimate of drug-likeness (QED) is 0.830. The van der Waals surface area contributed by atoms with Crippen LogP contribution < -0.4 is 10.2 Å². The van der Waals surface area contributed by atoms with Crippen LogP contribution in [0.5, 0.6) is 0 Å². The molecule has 0 aromatic heterocycles. The Bertz CT molecular complexity index is 660. The molecule has 0 fully saturated rings. The molecular weight excluding hydrogens is 354 g/mol. The third kappa shape index (κ3) is 6.31. The topological polar surface area (TPSA) is 72.9 Å². The molecule has 0 saturated carbocycles. The molecule has 0 radical (unpaired) electrons. The van der Waals surface area contributed by atoms with Gasteiger partial charge >= 0.3 is 0 Å². The van der Waals surface area contributed by atoms with Crippen molar-refractivity contribution >= 4 is 17.5 Å². The van der Waals surface area contributed by atoms with Crippen LogP contribution in [0.15, 0.2) is 18.2 Å². The molecule has 28 heavy (non-hydrogen) atoms. The molecule has 6 nitrogen and oxygen atoms in total. The van der Waals surface area contributed by atoms with Gasteiger partial charge in [-0.1, -0.05) is 19.3 Å². The van der Waals surface area contributed by atoms with Gasteiger partial charge in [-0.15, -0.1) is 0 Å². The number of fused-ring (bicyclic) bond motifs is 1. The van der Waals surface area contributed by atoms with E-state index in [2.05, 4.69) is 24.1 Å². The standard InChI is InChI=1S/C22H35N3O3/c1-17(2)24-12-7-5-4-6-8-13-25(18(3)27)21-10-9-19(15-20(21)16-24)22(28)23-11-14-26/h9-10,15,17,26H,4-8,11-14,16H2,1-3H3,(H,23,28). The smallest absolute Gasteiger partial charge is 0.251 e. The van der Waals surface area contributed by atoms with E-state index in [1.54, 1.807) is 13.0 Å². The average molecular weight is 390 g/mol. The monoisotopic (exact) mass is 389 g/mol. The summed E-state index contributed by atoms with van der Waals surface area (Å²) in [6.07, 6.45) is 5.70. The highest BCUT2D eigenvalue weighted by atomic mass is 16.3. The number of amides is 2. The first kappa shape index (κ1) is 22.4. The summed E-state index contributed by atoms with van der Waals surface area (Å²) in [6.45, 7) is 8.55.